The number of halogens is 1. The minimum atomic E-state index is -0.859. The number of nitrogens with one attached hydrogen (secondary N) is 1. The number of rotatable bonds is 9. The van der Waals surface area contributed by atoms with Crippen LogP contribution in [0.4, 0.5) is 4.79 Å². The van der Waals surface area contributed by atoms with Gasteiger partial charge < -0.3 is 20.1 Å². The number of nitrogens with zero attached hydrogens (tertiary/aromatic N) is 1. The number of hydrogen-bond donors (Lipinski definition) is 2. The fourth-order valence-corrected chi connectivity index (χ4v) is 1.82. The lowest BCUT2D eigenvalue weighted by Crippen LogP contribution is -2.38. The first-order valence-electron chi connectivity index (χ1n) is 7.08. The SMILES string of the molecule is CN(CCCOc1ccc(Cl)cc1)C(=O)NCCCC(=O)O. The summed E-state index contributed by atoms with van der Waals surface area (Å²) in [5.41, 5.74) is 0. The molecule has 0 spiro atoms. The smallest absolute Gasteiger partial charge is 0.317 e. The molecule has 1 rings (SSSR count). The molecule has 2 N–H and O–H groups in total. The third kappa shape index (κ3) is 7.73. The zero-order valence-electron chi connectivity index (χ0n) is 12.5. The normalized spacial score (nSPS) is 10.1. The highest BCUT2D eigenvalue weighted by atomic mass is 35.5. The Labute approximate surface area is 135 Å². The molecule has 6 nitrogen and oxygen atoms in total. The monoisotopic (exact) mass is 328 g/mol. The van der Waals surface area contributed by atoms with Crippen molar-refractivity contribution in [2.75, 3.05) is 26.7 Å². The molecule has 0 aromatic heterocycles. The first-order valence-corrected chi connectivity index (χ1v) is 7.46. The Kier molecular flexibility index (Phi) is 8.14. The minimum absolute atomic E-state index is 0.0545. The Hall–Kier alpha value is -1.95. The van der Waals surface area contributed by atoms with Gasteiger partial charge in [0.15, 0.2) is 0 Å². The van der Waals surface area contributed by atoms with E-state index in [1.165, 1.54) is 0 Å². The Balaban J connectivity index is 2.11. The largest absolute Gasteiger partial charge is 0.494 e. The van der Waals surface area contributed by atoms with E-state index >= 15 is 0 Å². The molecule has 0 radical (unpaired) electrons. The first-order chi connectivity index (χ1) is 10.5. The van der Waals surface area contributed by atoms with Gasteiger partial charge >= 0.3 is 12.0 Å². The van der Waals surface area contributed by atoms with Gasteiger partial charge in [0.2, 0.25) is 0 Å². The van der Waals surface area contributed by atoms with Crippen molar-refractivity contribution in [3.63, 3.8) is 0 Å². The number of aliphatic carboxylic acids is 1. The molecule has 2 amide bonds. The van der Waals surface area contributed by atoms with Gasteiger partial charge in [-0.1, -0.05) is 11.6 Å². The fraction of sp³-hybridized carbons (Fsp3) is 0.467. The van der Waals surface area contributed by atoms with Crippen molar-refractivity contribution in [3.05, 3.63) is 29.3 Å². The summed E-state index contributed by atoms with van der Waals surface area (Å²) in [5.74, 6) is -0.118. The average molecular weight is 329 g/mol. The summed E-state index contributed by atoms with van der Waals surface area (Å²) in [4.78, 5) is 23.6. The second-order valence-electron chi connectivity index (χ2n) is 4.81. The Morgan fingerprint density at radius 3 is 2.59 bits per heavy atom. The molecule has 0 saturated heterocycles. The van der Waals surface area contributed by atoms with Gasteiger partial charge in [-0.15, -0.1) is 0 Å². The molecule has 0 heterocycles. The molecule has 0 aliphatic rings. The lowest BCUT2D eigenvalue weighted by molar-refractivity contribution is -0.137. The molecular formula is C15H21ClN2O4. The Bertz CT molecular complexity index is 479. The van der Waals surface area contributed by atoms with E-state index in [9.17, 15) is 9.59 Å². The molecule has 0 aliphatic carbocycles. The molecule has 0 bridgehead atoms. The molecule has 0 atom stereocenters. The minimum Gasteiger partial charge on any atom is -0.494 e. The zero-order chi connectivity index (χ0) is 16.4. The van der Waals surface area contributed by atoms with Gasteiger partial charge in [0, 0.05) is 31.6 Å². The van der Waals surface area contributed by atoms with E-state index in [-0.39, 0.29) is 12.5 Å². The number of carboxylic acids is 1. The molecule has 1 aromatic rings. The summed E-state index contributed by atoms with van der Waals surface area (Å²) in [6, 6.07) is 6.89. The summed E-state index contributed by atoms with van der Waals surface area (Å²) in [6.45, 7) is 1.41. The lowest BCUT2D eigenvalue weighted by atomic mass is 10.3. The van der Waals surface area contributed by atoms with Crippen molar-refractivity contribution in [1.29, 1.82) is 0 Å². The Morgan fingerprint density at radius 1 is 1.27 bits per heavy atom. The molecule has 122 valence electrons. The summed E-state index contributed by atoms with van der Waals surface area (Å²) >= 11 is 5.78. The third-order valence-corrected chi connectivity index (χ3v) is 3.16. The van der Waals surface area contributed by atoms with Gasteiger partial charge in [-0.25, -0.2) is 4.79 Å². The van der Waals surface area contributed by atoms with Gasteiger partial charge in [0.1, 0.15) is 5.75 Å². The van der Waals surface area contributed by atoms with Crippen molar-refractivity contribution in [2.24, 2.45) is 0 Å². The van der Waals surface area contributed by atoms with E-state index < -0.39 is 5.97 Å². The van der Waals surface area contributed by atoms with Crippen LogP contribution in [0.25, 0.3) is 0 Å². The van der Waals surface area contributed by atoms with Crippen LogP contribution in [-0.4, -0.2) is 48.8 Å². The lowest BCUT2D eigenvalue weighted by Gasteiger charge is -2.18. The van der Waals surface area contributed by atoms with E-state index in [0.29, 0.717) is 37.6 Å². The molecular weight excluding hydrogens is 308 g/mol. The first kappa shape index (κ1) is 18.1. The second-order valence-corrected chi connectivity index (χ2v) is 5.24. The van der Waals surface area contributed by atoms with Crippen molar-refractivity contribution in [3.8, 4) is 5.75 Å². The van der Waals surface area contributed by atoms with Crippen molar-refractivity contribution in [1.82, 2.24) is 10.2 Å². The molecule has 0 unspecified atom stereocenters. The summed E-state index contributed by atoms with van der Waals surface area (Å²) < 4.78 is 5.53. The van der Waals surface area contributed by atoms with Gasteiger partial charge in [0.05, 0.1) is 6.61 Å². The number of carbonyl (C=O) groups is 2. The van der Waals surface area contributed by atoms with E-state index in [1.54, 1.807) is 36.2 Å². The van der Waals surface area contributed by atoms with E-state index in [1.807, 2.05) is 0 Å². The molecule has 0 saturated carbocycles. The molecule has 0 fully saturated rings. The van der Waals surface area contributed by atoms with Crippen LogP contribution in [0.3, 0.4) is 0 Å². The van der Waals surface area contributed by atoms with Gasteiger partial charge in [-0.2, -0.15) is 0 Å². The summed E-state index contributed by atoms with van der Waals surface area (Å²) in [6.07, 6.45) is 1.18. The quantitative estimate of drug-likeness (QED) is 0.683. The number of carboxylic acid groups (broad SMARTS) is 1. The topological polar surface area (TPSA) is 78.9 Å². The number of amides is 2. The highest BCUT2D eigenvalue weighted by Crippen LogP contribution is 2.15. The van der Waals surface area contributed by atoms with Crippen LogP contribution in [0.1, 0.15) is 19.3 Å². The molecule has 22 heavy (non-hydrogen) atoms. The molecule has 0 aliphatic heterocycles. The van der Waals surface area contributed by atoms with E-state index in [0.717, 1.165) is 5.75 Å². The number of urea groups is 1. The van der Waals surface area contributed by atoms with Crippen molar-refractivity contribution in [2.45, 2.75) is 19.3 Å². The fourth-order valence-electron chi connectivity index (χ4n) is 1.69. The van der Waals surface area contributed by atoms with Crippen LogP contribution in [0.15, 0.2) is 24.3 Å². The van der Waals surface area contributed by atoms with Gasteiger partial charge in [-0.3, -0.25) is 4.79 Å². The van der Waals surface area contributed by atoms with Crippen LogP contribution in [0.2, 0.25) is 5.02 Å². The van der Waals surface area contributed by atoms with Crippen molar-refractivity contribution >= 4 is 23.6 Å². The Morgan fingerprint density at radius 2 is 1.95 bits per heavy atom. The van der Waals surface area contributed by atoms with Crippen LogP contribution in [0, 0.1) is 0 Å². The molecule has 7 heteroatoms. The molecule has 1 aromatic carbocycles. The van der Waals surface area contributed by atoms with Crippen LogP contribution >= 0.6 is 11.6 Å². The standard InChI is InChI=1S/C15H21ClN2O4/c1-18(15(21)17-9-2-4-14(19)20)10-3-11-22-13-7-5-12(16)6-8-13/h5-8H,2-4,9-11H2,1H3,(H,17,21)(H,19,20). The highest BCUT2D eigenvalue weighted by Gasteiger charge is 2.07. The van der Waals surface area contributed by atoms with Crippen molar-refractivity contribution < 1.29 is 19.4 Å². The predicted molar refractivity (Wildman–Crippen MR) is 84.5 cm³/mol. The van der Waals surface area contributed by atoms with Crippen LogP contribution < -0.4 is 10.1 Å². The maximum absolute atomic E-state index is 11.7. The number of ether oxygens (including phenoxy) is 1. The summed E-state index contributed by atoms with van der Waals surface area (Å²) in [5, 5.41) is 11.8. The van der Waals surface area contributed by atoms with Crippen LogP contribution in [0.5, 0.6) is 5.75 Å². The maximum atomic E-state index is 11.7. The third-order valence-electron chi connectivity index (χ3n) is 2.91. The highest BCUT2D eigenvalue weighted by molar-refractivity contribution is 6.30. The van der Waals surface area contributed by atoms with E-state index in [4.69, 9.17) is 21.4 Å². The van der Waals surface area contributed by atoms with Crippen LogP contribution in [-0.2, 0) is 4.79 Å². The number of hydrogen-bond acceptors (Lipinski definition) is 3. The van der Waals surface area contributed by atoms with Gasteiger partial charge in [-0.05, 0) is 37.1 Å². The van der Waals surface area contributed by atoms with E-state index in [2.05, 4.69) is 5.32 Å². The summed E-state index contributed by atoms with van der Waals surface area (Å²) in [7, 11) is 1.69. The zero-order valence-corrected chi connectivity index (χ0v) is 13.3. The second kappa shape index (κ2) is 9.89. The number of benzene rings is 1. The van der Waals surface area contributed by atoms with Gasteiger partial charge in [0.25, 0.3) is 0 Å². The predicted octanol–water partition coefficient (Wildman–Crippen LogP) is 2.62. The number of carbonyl (C=O) groups excluding carboxylic acids is 1. The maximum Gasteiger partial charge on any atom is 0.317 e. The average Bonchev–Trinajstić information content (AvgIpc) is 2.49.